The number of benzene rings is 2. The molecule has 0 aliphatic heterocycles. The quantitative estimate of drug-likeness (QED) is 0.745. The van der Waals surface area contributed by atoms with E-state index in [2.05, 4.69) is 15.9 Å². The Morgan fingerprint density at radius 2 is 1.91 bits per heavy atom. The average Bonchev–Trinajstić information content (AvgIpc) is 2.93. The summed E-state index contributed by atoms with van der Waals surface area (Å²) in [5.41, 5.74) is 1.51. The summed E-state index contributed by atoms with van der Waals surface area (Å²) < 4.78 is 16.4. The molecule has 0 radical (unpaired) electrons. The number of aliphatic hydroxyl groups is 2. The molecule has 2 N–H and O–H groups in total. The maximum absolute atomic E-state index is 13.6. The number of rotatable bonds is 4. The second-order valence-corrected chi connectivity index (χ2v) is 6.00. The van der Waals surface area contributed by atoms with Gasteiger partial charge in [0.25, 0.3) is 0 Å². The van der Waals surface area contributed by atoms with Gasteiger partial charge in [-0.25, -0.2) is 4.39 Å². The van der Waals surface area contributed by atoms with Gasteiger partial charge >= 0.3 is 0 Å². The molecule has 0 aliphatic rings. The summed E-state index contributed by atoms with van der Waals surface area (Å²) in [6, 6.07) is 13.2. The Balaban J connectivity index is 2.19. The molecule has 0 bridgehead atoms. The van der Waals surface area contributed by atoms with Crippen molar-refractivity contribution in [2.24, 2.45) is 0 Å². The topological polar surface area (TPSA) is 45.4 Å². The van der Waals surface area contributed by atoms with E-state index in [1.165, 1.54) is 12.1 Å². The molecule has 0 saturated carbocycles. The Morgan fingerprint density at radius 1 is 1.14 bits per heavy atom. The molecule has 0 aliphatic carbocycles. The number of fused-ring (bicyclic) bond motifs is 1. The first-order valence-electron chi connectivity index (χ1n) is 6.91. The predicted molar refractivity (Wildman–Crippen MR) is 87.3 cm³/mol. The van der Waals surface area contributed by atoms with Gasteiger partial charge in [0.15, 0.2) is 0 Å². The molecule has 3 aromatic rings. The highest BCUT2D eigenvalue weighted by Crippen LogP contribution is 2.31. The lowest BCUT2D eigenvalue weighted by molar-refractivity contribution is 0.0653. The SMILES string of the molecule is OC[C@@H](O)[C@H](c1cccc(F)c1)n1ccc2c(Br)cccc21. The molecule has 3 nitrogen and oxygen atoms in total. The lowest BCUT2D eigenvalue weighted by Gasteiger charge is -2.25. The van der Waals surface area contributed by atoms with Crippen molar-refractivity contribution < 1.29 is 14.6 Å². The van der Waals surface area contributed by atoms with E-state index in [1.807, 2.05) is 35.0 Å². The van der Waals surface area contributed by atoms with Crippen LogP contribution in [-0.2, 0) is 0 Å². The molecule has 22 heavy (non-hydrogen) atoms. The minimum absolute atomic E-state index is 0.370. The molecule has 2 atom stereocenters. The zero-order chi connectivity index (χ0) is 15.7. The minimum atomic E-state index is -1.03. The standard InChI is InChI=1S/C17H15BrFNO2/c18-14-5-2-6-15-13(14)7-8-20(15)17(16(22)10-21)11-3-1-4-12(19)9-11/h1-9,16-17,21-22H,10H2/t16-,17+/m1/s1. The fourth-order valence-corrected chi connectivity index (χ4v) is 3.24. The fourth-order valence-electron chi connectivity index (χ4n) is 2.75. The summed E-state index contributed by atoms with van der Waals surface area (Å²) in [5, 5.41) is 20.6. The van der Waals surface area contributed by atoms with Gasteiger partial charge in [-0.2, -0.15) is 0 Å². The number of aliphatic hydroxyl groups excluding tert-OH is 2. The van der Waals surface area contributed by atoms with Crippen molar-refractivity contribution in [3.8, 4) is 0 Å². The van der Waals surface area contributed by atoms with Crippen molar-refractivity contribution in [3.63, 3.8) is 0 Å². The first-order chi connectivity index (χ1) is 10.6. The molecule has 2 aromatic carbocycles. The Labute approximate surface area is 135 Å². The monoisotopic (exact) mass is 363 g/mol. The van der Waals surface area contributed by atoms with Crippen LogP contribution in [0.4, 0.5) is 4.39 Å². The minimum Gasteiger partial charge on any atom is -0.394 e. The van der Waals surface area contributed by atoms with Crippen molar-refractivity contribution in [1.82, 2.24) is 4.57 Å². The Hall–Kier alpha value is -1.69. The van der Waals surface area contributed by atoms with E-state index in [9.17, 15) is 14.6 Å². The van der Waals surface area contributed by atoms with Crippen LogP contribution >= 0.6 is 15.9 Å². The van der Waals surface area contributed by atoms with E-state index in [4.69, 9.17) is 0 Å². The maximum atomic E-state index is 13.6. The molecular weight excluding hydrogens is 349 g/mol. The third-order valence-electron chi connectivity index (χ3n) is 3.75. The zero-order valence-corrected chi connectivity index (χ0v) is 13.2. The van der Waals surface area contributed by atoms with Crippen LogP contribution in [0.25, 0.3) is 10.9 Å². The van der Waals surface area contributed by atoms with Gasteiger partial charge in [0.1, 0.15) is 11.9 Å². The molecule has 0 saturated heterocycles. The van der Waals surface area contributed by atoms with Gasteiger partial charge in [-0.15, -0.1) is 0 Å². The molecule has 1 aromatic heterocycles. The summed E-state index contributed by atoms with van der Waals surface area (Å²) in [5.74, 6) is -0.370. The van der Waals surface area contributed by atoms with Crippen LogP contribution in [0.5, 0.6) is 0 Å². The normalized spacial score (nSPS) is 14.2. The third-order valence-corrected chi connectivity index (χ3v) is 4.44. The van der Waals surface area contributed by atoms with Crippen molar-refractivity contribution >= 4 is 26.8 Å². The number of aromatic nitrogens is 1. The molecule has 3 rings (SSSR count). The summed E-state index contributed by atoms with van der Waals surface area (Å²) in [6.07, 6.45) is 0.806. The van der Waals surface area contributed by atoms with Crippen LogP contribution in [0.3, 0.4) is 0 Å². The van der Waals surface area contributed by atoms with E-state index < -0.39 is 18.8 Å². The van der Waals surface area contributed by atoms with Gasteiger partial charge in [-0.1, -0.05) is 34.1 Å². The average molecular weight is 364 g/mol. The van der Waals surface area contributed by atoms with Gasteiger partial charge in [-0.3, -0.25) is 0 Å². The fraction of sp³-hybridized carbons (Fsp3) is 0.176. The Kier molecular flexibility index (Phi) is 4.29. The van der Waals surface area contributed by atoms with Crippen molar-refractivity contribution in [2.45, 2.75) is 12.1 Å². The van der Waals surface area contributed by atoms with E-state index in [0.717, 1.165) is 15.4 Å². The molecule has 1 heterocycles. The van der Waals surface area contributed by atoms with E-state index >= 15 is 0 Å². The summed E-state index contributed by atoms with van der Waals surface area (Å²) in [4.78, 5) is 0. The summed E-state index contributed by atoms with van der Waals surface area (Å²) in [6.45, 7) is -0.408. The van der Waals surface area contributed by atoms with E-state index in [0.29, 0.717) is 5.56 Å². The van der Waals surface area contributed by atoms with E-state index in [-0.39, 0.29) is 5.82 Å². The van der Waals surface area contributed by atoms with Crippen LogP contribution in [0, 0.1) is 5.82 Å². The smallest absolute Gasteiger partial charge is 0.123 e. The lowest BCUT2D eigenvalue weighted by atomic mass is 10.0. The van der Waals surface area contributed by atoms with Gasteiger partial charge in [0, 0.05) is 21.6 Å². The third kappa shape index (κ3) is 2.67. The summed E-state index contributed by atoms with van der Waals surface area (Å²) >= 11 is 3.50. The molecule has 0 fully saturated rings. The van der Waals surface area contributed by atoms with Crippen LogP contribution in [0.1, 0.15) is 11.6 Å². The highest BCUT2D eigenvalue weighted by molar-refractivity contribution is 9.10. The van der Waals surface area contributed by atoms with Crippen molar-refractivity contribution in [1.29, 1.82) is 0 Å². The number of hydrogen-bond donors (Lipinski definition) is 2. The number of nitrogens with zero attached hydrogens (tertiary/aromatic N) is 1. The highest BCUT2D eigenvalue weighted by Gasteiger charge is 2.24. The van der Waals surface area contributed by atoms with Crippen molar-refractivity contribution in [2.75, 3.05) is 6.61 Å². The summed E-state index contributed by atoms with van der Waals surface area (Å²) in [7, 11) is 0. The van der Waals surface area contributed by atoms with Gasteiger partial charge in [0.05, 0.1) is 12.6 Å². The van der Waals surface area contributed by atoms with Crippen molar-refractivity contribution in [3.05, 3.63) is 70.6 Å². The first-order valence-corrected chi connectivity index (χ1v) is 7.70. The lowest BCUT2D eigenvalue weighted by Crippen LogP contribution is -2.28. The van der Waals surface area contributed by atoms with Crippen LogP contribution in [0.2, 0.25) is 0 Å². The second kappa shape index (κ2) is 6.20. The molecular formula is C17H15BrFNO2. The molecule has 114 valence electrons. The number of halogens is 2. The molecule has 0 amide bonds. The highest BCUT2D eigenvalue weighted by atomic mass is 79.9. The van der Waals surface area contributed by atoms with Crippen LogP contribution in [0.15, 0.2) is 59.2 Å². The van der Waals surface area contributed by atoms with Gasteiger partial charge < -0.3 is 14.8 Å². The Morgan fingerprint density at radius 3 is 2.64 bits per heavy atom. The van der Waals surface area contributed by atoms with E-state index in [1.54, 1.807) is 12.1 Å². The second-order valence-electron chi connectivity index (χ2n) is 5.15. The first kappa shape index (κ1) is 15.2. The Bertz CT molecular complexity index is 802. The zero-order valence-electron chi connectivity index (χ0n) is 11.7. The maximum Gasteiger partial charge on any atom is 0.123 e. The number of hydrogen-bond acceptors (Lipinski definition) is 2. The van der Waals surface area contributed by atoms with Crippen LogP contribution in [-0.4, -0.2) is 27.5 Å². The van der Waals surface area contributed by atoms with Crippen LogP contribution < -0.4 is 0 Å². The molecule has 0 spiro atoms. The predicted octanol–water partition coefficient (Wildman–Crippen LogP) is 3.49. The van der Waals surface area contributed by atoms with Gasteiger partial charge in [0.2, 0.25) is 0 Å². The largest absolute Gasteiger partial charge is 0.394 e. The van der Waals surface area contributed by atoms with Gasteiger partial charge in [-0.05, 0) is 35.9 Å². The molecule has 0 unspecified atom stereocenters. The molecule has 5 heteroatoms.